The Bertz CT molecular complexity index is 1330. The molecule has 0 atom stereocenters. The molecular formula is C27H33FN6O2S2. The van der Waals surface area contributed by atoms with Gasteiger partial charge in [-0.15, -0.1) is 11.8 Å². The molecule has 0 unspecified atom stereocenters. The molecule has 1 fully saturated rings. The van der Waals surface area contributed by atoms with Crippen molar-refractivity contribution in [2.45, 2.75) is 31.1 Å². The second-order valence-electron chi connectivity index (χ2n) is 8.41. The van der Waals surface area contributed by atoms with Crippen molar-refractivity contribution in [1.29, 1.82) is 0 Å². The number of rotatable bonds is 5. The number of hydrogen-bond acceptors (Lipinski definition) is 8. The van der Waals surface area contributed by atoms with Crippen molar-refractivity contribution in [3.05, 3.63) is 78.0 Å². The third-order valence-electron chi connectivity index (χ3n) is 5.86. The number of halogens is 1. The van der Waals surface area contributed by atoms with Gasteiger partial charge in [-0.3, -0.25) is 9.10 Å². The second kappa shape index (κ2) is 14.6. The molecule has 11 heteroatoms. The van der Waals surface area contributed by atoms with Crippen LogP contribution in [0.5, 0.6) is 5.75 Å². The lowest BCUT2D eigenvalue weighted by molar-refractivity contribution is 0.1000. The molecule has 202 valence electrons. The number of piperidine rings is 1. The monoisotopic (exact) mass is 556 g/mol. The molecular weight excluding hydrogens is 523 g/mol. The molecule has 0 radical (unpaired) electrons. The number of benzene rings is 2. The molecule has 1 amide bonds. The van der Waals surface area contributed by atoms with E-state index in [1.165, 1.54) is 66.4 Å². The number of nitrogens with zero attached hydrogens (tertiary/aromatic N) is 4. The number of nitrogens with two attached hydrogens (primary N) is 1. The zero-order valence-electron chi connectivity index (χ0n) is 21.7. The van der Waals surface area contributed by atoms with Crippen molar-refractivity contribution in [1.82, 2.24) is 18.9 Å². The molecule has 4 aromatic rings. The maximum absolute atomic E-state index is 13.0. The van der Waals surface area contributed by atoms with E-state index in [0.29, 0.717) is 22.5 Å². The minimum atomic E-state index is -0.571. The van der Waals surface area contributed by atoms with E-state index < -0.39 is 11.7 Å². The number of hydrogen-bond donors (Lipinski definition) is 3. The SMILES string of the molecule is CSN1CCCCC1.CSc1ccccc1.Cc1c(C(N)=O)cn2ncnc(Nc3ccc(F)cc3O)c12. The van der Waals surface area contributed by atoms with Crippen molar-refractivity contribution in [2.24, 2.45) is 5.73 Å². The molecule has 2 aromatic heterocycles. The van der Waals surface area contributed by atoms with Gasteiger partial charge in [-0.25, -0.2) is 13.9 Å². The van der Waals surface area contributed by atoms with Crippen molar-refractivity contribution < 1.29 is 14.3 Å². The molecule has 2 aromatic carbocycles. The van der Waals surface area contributed by atoms with E-state index in [1.807, 2.05) is 30.1 Å². The van der Waals surface area contributed by atoms with Crippen molar-refractivity contribution >= 4 is 46.6 Å². The van der Waals surface area contributed by atoms with Crippen LogP contribution < -0.4 is 11.1 Å². The lowest BCUT2D eigenvalue weighted by Gasteiger charge is -2.22. The maximum Gasteiger partial charge on any atom is 0.250 e. The minimum Gasteiger partial charge on any atom is -0.506 e. The summed E-state index contributed by atoms with van der Waals surface area (Å²) in [5.74, 6) is -1.01. The average Bonchev–Trinajstić information content (AvgIpc) is 3.29. The number of amides is 1. The van der Waals surface area contributed by atoms with E-state index in [0.717, 1.165) is 6.07 Å². The Kier molecular flexibility index (Phi) is 11.3. The van der Waals surface area contributed by atoms with E-state index in [1.54, 1.807) is 18.7 Å². The summed E-state index contributed by atoms with van der Waals surface area (Å²) in [5, 5.41) is 16.7. The highest BCUT2D eigenvalue weighted by atomic mass is 32.2. The standard InChI is InChI=1S/C14H12FN5O2.C7H8S.C6H13NS/c1-7-9(13(16)22)5-20-12(7)14(17-6-18-20)19-10-3-2-8(15)4-11(10)21;2*1-8-7-5-3-2-4-6-7/h2-6,21H,1H3,(H2,16,22)(H,17,18,19);2-6H,1H3;2-6H2,1H3. The quantitative estimate of drug-likeness (QED) is 0.159. The summed E-state index contributed by atoms with van der Waals surface area (Å²) in [6.45, 7) is 4.33. The number of thioether (sulfide) groups is 1. The molecule has 0 aliphatic carbocycles. The number of nitrogens with one attached hydrogen (secondary N) is 1. The third kappa shape index (κ3) is 8.11. The highest BCUT2D eigenvalue weighted by Gasteiger charge is 2.16. The zero-order chi connectivity index (χ0) is 27.5. The van der Waals surface area contributed by atoms with Crippen molar-refractivity contribution in [2.75, 3.05) is 30.9 Å². The summed E-state index contributed by atoms with van der Waals surface area (Å²) < 4.78 is 16.9. The second-order valence-corrected chi connectivity index (χ2v) is 10.2. The molecule has 8 nitrogen and oxygen atoms in total. The lowest BCUT2D eigenvalue weighted by atomic mass is 10.2. The zero-order valence-corrected chi connectivity index (χ0v) is 23.4. The van der Waals surface area contributed by atoms with Gasteiger partial charge in [0.25, 0.3) is 5.91 Å². The average molecular weight is 557 g/mol. The van der Waals surface area contributed by atoms with Crippen LogP contribution in [-0.4, -0.2) is 55.5 Å². The van der Waals surface area contributed by atoms with Gasteiger partial charge >= 0.3 is 0 Å². The number of aromatic nitrogens is 3. The molecule has 1 saturated heterocycles. The number of phenolic OH excluding ortho intramolecular Hbond substituents is 1. The fourth-order valence-electron chi connectivity index (χ4n) is 3.84. The number of carbonyl (C=O) groups excluding carboxylic acids is 1. The summed E-state index contributed by atoms with van der Waals surface area (Å²) in [5.41, 5.74) is 7.08. The fraction of sp³-hybridized carbons (Fsp3) is 0.296. The Hall–Kier alpha value is -3.28. The normalized spacial score (nSPS) is 13.2. The molecule has 38 heavy (non-hydrogen) atoms. The van der Waals surface area contributed by atoms with E-state index in [-0.39, 0.29) is 11.4 Å². The van der Waals surface area contributed by atoms with Gasteiger partial charge in [0, 0.05) is 30.2 Å². The summed E-state index contributed by atoms with van der Waals surface area (Å²) >= 11 is 3.65. The topological polar surface area (TPSA) is 109 Å². The molecule has 0 bridgehead atoms. The Morgan fingerprint density at radius 3 is 2.37 bits per heavy atom. The first kappa shape index (κ1) is 29.3. The van der Waals surface area contributed by atoms with Gasteiger partial charge in [0.1, 0.15) is 23.4 Å². The molecule has 1 aliphatic rings. The van der Waals surface area contributed by atoms with Crippen molar-refractivity contribution in [3.8, 4) is 5.75 Å². The van der Waals surface area contributed by atoms with E-state index in [9.17, 15) is 14.3 Å². The first-order chi connectivity index (χ1) is 18.3. The van der Waals surface area contributed by atoms with Gasteiger partial charge in [-0.1, -0.05) is 36.6 Å². The van der Waals surface area contributed by atoms with Crippen LogP contribution in [-0.2, 0) is 0 Å². The molecule has 3 heterocycles. The third-order valence-corrected chi connectivity index (χ3v) is 7.48. The van der Waals surface area contributed by atoms with Gasteiger partial charge in [0.05, 0.1) is 11.3 Å². The minimum absolute atomic E-state index is 0.254. The van der Waals surface area contributed by atoms with E-state index >= 15 is 0 Å². The van der Waals surface area contributed by atoms with Crippen LogP contribution in [0, 0.1) is 12.7 Å². The first-order valence-corrected chi connectivity index (χ1v) is 14.5. The molecule has 4 N–H and O–H groups in total. The first-order valence-electron chi connectivity index (χ1n) is 12.1. The summed E-state index contributed by atoms with van der Waals surface area (Å²) in [4.78, 5) is 16.8. The number of primary amides is 1. The smallest absolute Gasteiger partial charge is 0.250 e. The highest BCUT2D eigenvalue weighted by molar-refractivity contribution is 7.98. The van der Waals surface area contributed by atoms with Gasteiger partial charge in [0.2, 0.25) is 0 Å². The number of phenols is 1. The van der Waals surface area contributed by atoms with E-state index in [2.05, 4.69) is 44.3 Å². The van der Waals surface area contributed by atoms with E-state index in [4.69, 9.17) is 5.73 Å². The highest BCUT2D eigenvalue weighted by Crippen LogP contribution is 2.30. The predicted molar refractivity (Wildman–Crippen MR) is 155 cm³/mol. The summed E-state index contributed by atoms with van der Waals surface area (Å²) in [7, 11) is 0. The number of anilines is 2. The summed E-state index contributed by atoms with van der Waals surface area (Å²) in [6, 6.07) is 13.9. The maximum atomic E-state index is 13.0. The van der Waals surface area contributed by atoms with Crippen LogP contribution in [0.15, 0.2) is 66.0 Å². The van der Waals surface area contributed by atoms with Crippen LogP contribution in [0.3, 0.4) is 0 Å². The Morgan fingerprint density at radius 1 is 1.11 bits per heavy atom. The van der Waals surface area contributed by atoms with Crippen LogP contribution in [0.25, 0.3) is 5.52 Å². The van der Waals surface area contributed by atoms with Crippen LogP contribution in [0.4, 0.5) is 15.9 Å². The summed E-state index contributed by atoms with van der Waals surface area (Å²) in [6.07, 6.45) is 11.3. The van der Waals surface area contributed by atoms with Crippen LogP contribution in [0.1, 0.15) is 35.2 Å². The Balaban J connectivity index is 0.000000203. The van der Waals surface area contributed by atoms with Crippen molar-refractivity contribution in [3.63, 3.8) is 0 Å². The molecule has 0 saturated carbocycles. The fourth-order valence-corrected chi connectivity index (χ4v) is 4.90. The number of aryl methyl sites for hydroxylation is 1. The van der Waals surface area contributed by atoms with Crippen LogP contribution >= 0.6 is 23.7 Å². The molecule has 5 rings (SSSR count). The van der Waals surface area contributed by atoms with Gasteiger partial charge in [-0.2, -0.15) is 5.10 Å². The Labute approximate surface area is 231 Å². The Morgan fingerprint density at radius 2 is 1.82 bits per heavy atom. The van der Waals surface area contributed by atoms with Gasteiger partial charge < -0.3 is 16.2 Å². The molecule has 1 aliphatic heterocycles. The van der Waals surface area contributed by atoms with Gasteiger partial charge in [0.15, 0.2) is 5.82 Å². The largest absolute Gasteiger partial charge is 0.506 e. The lowest BCUT2D eigenvalue weighted by Crippen LogP contribution is -2.22. The predicted octanol–water partition coefficient (Wildman–Crippen LogP) is 5.88. The number of aromatic hydroxyl groups is 1. The molecule has 0 spiro atoms. The number of carbonyl (C=O) groups is 1. The van der Waals surface area contributed by atoms with Gasteiger partial charge in [-0.05, 0) is 62.1 Å². The van der Waals surface area contributed by atoms with Crippen LogP contribution in [0.2, 0.25) is 0 Å². The number of fused-ring (bicyclic) bond motifs is 1.